The highest BCUT2D eigenvalue weighted by atomic mass is 32.1. The molecular formula is C24H31N3O2S. The molecule has 1 aliphatic carbocycles. The van der Waals surface area contributed by atoms with Gasteiger partial charge in [0.2, 0.25) is 0 Å². The molecule has 2 N–H and O–H groups in total. The number of rotatable bonds is 8. The van der Waals surface area contributed by atoms with Crippen molar-refractivity contribution in [2.24, 2.45) is 5.41 Å². The van der Waals surface area contributed by atoms with Crippen molar-refractivity contribution in [2.45, 2.75) is 58.5 Å². The quantitative estimate of drug-likeness (QED) is 0.579. The van der Waals surface area contributed by atoms with Crippen molar-refractivity contribution >= 4 is 21.6 Å². The first-order valence-corrected chi connectivity index (χ1v) is 11.7. The van der Waals surface area contributed by atoms with Gasteiger partial charge in [0, 0.05) is 36.0 Å². The smallest absolute Gasteiger partial charge is 0.262 e. The standard InChI is InChI=1S/C24H31N3O2S/c1-24(2,15-28)14-25-18-10-11-19-20(13-18)30-22-21(19)23(29)27(16-26-22)12-6-9-17-7-4-3-5-8-17/h3-5,7-8,16,18,25,28H,6,9-15H2,1-2H3/t18-/m1/s1. The molecule has 0 spiro atoms. The van der Waals surface area contributed by atoms with Gasteiger partial charge in [0.05, 0.1) is 11.7 Å². The predicted octanol–water partition coefficient (Wildman–Crippen LogP) is 3.56. The number of aliphatic hydroxyl groups is 1. The third-order valence-corrected chi connectivity index (χ3v) is 7.20. The van der Waals surface area contributed by atoms with Gasteiger partial charge in [0.1, 0.15) is 4.83 Å². The van der Waals surface area contributed by atoms with Crippen molar-refractivity contribution < 1.29 is 5.11 Å². The molecule has 30 heavy (non-hydrogen) atoms. The van der Waals surface area contributed by atoms with E-state index in [0.717, 1.165) is 48.9 Å². The molecule has 3 aromatic rings. The fourth-order valence-corrected chi connectivity index (χ4v) is 5.37. The molecule has 0 unspecified atom stereocenters. The van der Waals surface area contributed by atoms with E-state index in [1.165, 1.54) is 16.0 Å². The Morgan fingerprint density at radius 2 is 2.10 bits per heavy atom. The molecule has 5 nitrogen and oxygen atoms in total. The minimum absolute atomic E-state index is 0.110. The van der Waals surface area contributed by atoms with Crippen LogP contribution in [0, 0.1) is 5.41 Å². The average molecular weight is 426 g/mol. The van der Waals surface area contributed by atoms with Crippen molar-refractivity contribution in [3.8, 4) is 0 Å². The summed E-state index contributed by atoms with van der Waals surface area (Å²) < 4.78 is 1.78. The molecule has 1 aromatic carbocycles. The number of hydrogen-bond acceptors (Lipinski definition) is 5. The van der Waals surface area contributed by atoms with Crippen LogP contribution >= 0.6 is 11.3 Å². The zero-order valence-electron chi connectivity index (χ0n) is 17.9. The van der Waals surface area contributed by atoms with Crippen LogP contribution in [0.1, 0.15) is 42.7 Å². The minimum atomic E-state index is -0.116. The third kappa shape index (κ3) is 4.66. The molecule has 1 aliphatic rings. The summed E-state index contributed by atoms with van der Waals surface area (Å²) in [6, 6.07) is 10.8. The van der Waals surface area contributed by atoms with Crippen LogP contribution in [0.2, 0.25) is 0 Å². The summed E-state index contributed by atoms with van der Waals surface area (Å²) in [4.78, 5) is 20.0. The number of fused-ring (bicyclic) bond motifs is 3. The third-order valence-electron chi connectivity index (χ3n) is 6.04. The summed E-state index contributed by atoms with van der Waals surface area (Å²) >= 11 is 1.67. The average Bonchev–Trinajstić information content (AvgIpc) is 3.13. The predicted molar refractivity (Wildman–Crippen MR) is 123 cm³/mol. The van der Waals surface area contributed by atoms with E-state index in [1.807, 2.05) is 6.07 Å². The molecular weight excluding hydrogens is 394 g/mol. The SMILES string of the molecule is CC(C)(CO)CN[C@@H]1CCc2c(sc3ncn(CCCc4ccccc4)c(=O)c23)C1. The van der Waals surface area contributed by atoms with Crippen molar-refractivity contribution in [3.63, 3.8) is 0 Å². The van der Waals surface area contributed by atoms with Gasteiger partial charge < -0.3 is 10.4 Å². The van der Waals surface area contributed by atoms with Crippen molar-refractivity contribution in [1.29, 1.82) is 0 Å². The van der Waals surface area contributed by atoms with Crippen LogP contribution in [-0.4, -0.2) is 33.9 Å². The van der Waals surface area contributed by atoms with E-state index < -0.39 is 0 Å². The second-order valence-corrected chi connectivity index (χ2v) is 10.2. The molecule has 0 bridgehead atoms. The zero-order valence-corrected chi connectivity index (χ0v) is 18.7. The van der Waals surface area contributed by atoms with Crippen molar-refractivity contribution in [3.05, 3.63) is 63.0 Å². The summed E-state index contributed by atoms with van der Waals surface area (Å²) in [7, 11) is 0. The van der Waals surface area contributed by atoms with E-state index in [1.54, 1.807) is 22.2 Å². The van der Waals surface area contributed by atoms with Gasteiger partial charge in [0.15, 0.2) is 0 Å². The maximum absolute atomic E-state index is 13.2. The number of hydrogen-bond donors (Lipinski definition) is 2. The largest absolute Gasteiger partial charge is 0.396 e. The monoisotopic (exact) mass is 425 g/mol. The Kier molecular flexibility index (Phi) is 6.37. The van der Waals surface area contributed by atoms with Gasteiger partial charge in [-0.25, -0.2) is 4.98 Å². The topological polar surface area (TPSA) is 67.2 Å². The van der Waals surface area contributed by atoms with Crippen LogP contribution in [0.15, 0.2) is 41.5 Å². The Morgan fingerprint density at radius 3 is 2.87 bits per heavy atom. The minimum Gasteiger partial charge on any atom is -0.396 e. The fourth-order valence-electron chi connectivity index (χ4n) is 4.11. The van der Waals surface area contributed by atoms with Crippen LogP contribution in [0.4, 0.5) is 0 Å². The van der Waals surface area contributed by atoms with E-state index >= 15 is 0 Å². The van der Waals surface area contributed by atoms with Crippen LogP contribution in [-0.2, 0) is 25.8 Å². The first kappa shape index (κ1) is 21.2. The lowest BCUT2D eigenvalue weighted by atomic mass is 9.90. The number of aromatic nitrogens is 2. The molecule has 0 saturated heterocycles. The summed E-state index contributed by atoms with van der Waals surface area (Å²) in [5, 5.41) is 13.9. The molecule has 1 atom stereocenters. The second-order valence-electron chi connectivity index (χ2n) is 9.16. The van der Waals surface area contributed by atoms with Gasteiger partial charge in [-0.1, -0.05) is 44.2 Å². The number of aliphatic hydroxyl groups excluding tert-OH is 1. The van der Waals surface area contributed by atoms with E-state index in [9.17, 15) is 9.90 Å². The van der Waals surface area contributed by atoms with Gasteiger partial charge >= 0.3 is 0 Å². The summed E-state index contributed by atoms with van der Waals surface area (Å²) in [6.07, 6.45) is 6.48. The van der Waals surface area contributed by atoms with Crippen molar-refractivity contribution in [1.82, 2.24) is 14.9 Å². The van der Waals surface area contributed by atoms with Gasteiger partial charge in [-0.3, -0.25) is 9.36 Å². The summed E-state index contributed by atoms with van der Waals surface area (Å²) in [5.41, 5.74) is 2.51. The first-order chi connectivity index (χ1) is 14.5. The lowest BCUT2D eigenvalue weighted by Crippen LogP contribution is -2.41. The molecule has 2 aromatic heterocycles. The van der Waals surface area contributed by atoms with Gasteiger partial charge in [0.25, 0.3) is 5.56 Å². The molecule has 6 heteroatoms. The van der Waals surface area contributed by atoms with Gasteiger partial charge in [-0.15, -0.1) is 11.3 Å². The Morgan fingerprint density at radius 1 is 1.30 bits per heavy atom. The van der Waals surface area contributed by atoms with E-state index in [4.69, 9.17) is 0 Å². The summed E-state index contributed by atoms with van der Waals surface area (Å²) in [6.45, 7) is 5.80. The highest BCUT2D eigenvalue weighted by Crippen LogP contribution is 2.33. The number of aryl methyl sites for hydroxylation is 3. The van der Waals surface area contributed by atoms with Gasteiger partial charge in [-0.2, -0.15) is 0 Å². The zero-order chi connectivity index (χ0) is 21.1. The Hall–Kier alpha value is -2.02. The van der Waals surface area contributed by atoms with Crippen LogP contribution in [0.3, 0.4) is 0 Å². The fraction of sp³-hybridized carbons (Fsp3) is 0.500. The lowest BCUT2D eigenvalue weighted by molar-refractivity contribution is 0.152. The molecule has 2 heterocycles. The van der Waals surface area contributed by atoms with E-state index in [0.29, 0.717) is 12.6 Å². The molecule has 0 amide bonds. The number of benzene rings is 1. The van der Waals surface area contributed by atoms with Crippen LogP contribution in [0.25, 0.3) is 10.2 Å². The molecule has 0 radical (unpaired) electrons. The highest BCUT2D eigenvalue weighted by Gasteiger charge is 2.26. The molecule has 0 saturated carbocycles. The van der Waals surface area contributed by atoms with E-state index in [-0.39, 0.29) is 17.6 Å². The van der Waals surface area contributed by atoms with Gasteiger partial charge in [-0.05, 0) is 43.2 Å². The Labute approximate surface area is 181 Å². The second kappa shape index (κ2) is 9.00. The first-order valence-electron chi connectivity index (χ1n) is 10.8. The Balaban J connectivity index is 1.46. The van der Waals surface area contributed by atoms with Crippen LogP contribution in [0.5, 0.6) is 0 Å². The van der Waals surface area contributed by atoms with Crippen LogP contribution < -0.4 is 10.9 Å². The molecule has 0 fully saturated rings. The lowest BCUT2D eigenvalue weighted by Gasteiger charge is -2.28. The maximum atomic E-state index is 13.2. The Bertz CT molecular complexity index is 1060. The molecule has 0 aliphatic heterocycles. The normalized spacial score (nSPS) is 16.7. The summed E-state index contributed by atoms with van der Waals surface area (Å²) in [5.74, 6) is 0. The maximum Gasteiger partial charge on any atom is 0.262 e. The number of thiophene rings is 1. The van der Waals surface area contributed by atoms with E-state index in [2.05, 4.69) is 48.4 Å². The molecule has 160 valence electrons. The number of nitrogens with one attached hydrogen (secondary N) is 1. The molecule has 4 rings (SSSR count). The number of nitrogens with zero attached hydrogens (tertiary/aromatic N) is 2. The van der Waals surface area contributed by atoms with Crippen molar-refractivity contribution in [2.75, 3.05) is 13.2 Å². The highest BCUT2D eigenvalue weighted by molar-refractivity contribution is 7.18.